The third-order valence-electron chi connectivity index (χ3n) is 3.66. The quantitative estimate of drug-likeness (QED) is 0.855. The van der Waals surface area contributed by atoms with Crippen molar-refractivity contribution < 1.29 is 14.3 Å². The van der Waals surface area contributed by atoms with Crippen LogP contribution in [0.15, 0.2) is 54.6 Å². The second-order valence-electron chi connectivity index (χ2n) is 5.38. The molecule has 2 rings (SSSR count). The number of carbonyl (C=O) groups is 1. The zero-order chi connectivity index (χ0) is 16.0. The van der Waals surface area contributed by atoms with Gasteiger partial charge in [-0.3, -0.25) is 4.79 Å². The minimum Gasteiger partial charge on any atom is -0.489 e. The van der Waals surface area contributed by atoms with Crippen molar-refractivity contribution in [3.63, 3.8) is 0 Å². The van der Waals surface area contributed by atoms with Crippen LogP contribution in [-0.2, 0) is 21.7 Å². The molecule has 0 aliphatic rings. The molecule has 22 heavy (non-hydrogen) atoms. The molecule has 0 aromatic heterocycles. The number of hydrogen-bond acceptors (Lipinski definition) is 3. The fraction of sp³-hybridized carbons (Fsp3) is 0.278. The van der Waals surface area contributed by atoms with Crippen LogP contribution >= 0.6 is 0 Å². The maximum atomic E-state index is 11.3. The molecule has 1 unspecified atom stereocenters. The first-order chi connectivity index (χ1) is 10.5. The van der Waals surface area contributed by atoms with Crippen molar-refractivity contribution in [2.75, 3.05) is 7.11 Å². The molecule has 0 fully saturated rings. The zero-order valence-corrected chi connectivity index (χ0v) is 12.9. The fourth-order valence-corrected chi connectivity index (χ4v) is 2.28. The van der Waals surface area contributed by atoms with Gasteiger partial charge < -0.3 is 15.2 Å². The predicted octanol–water partition coefficient (Wildman–Crippen LogP) is 3.00. The molecule has 2 aromatic rings. The normalized spacial score (nSPS) is 13.4. The van der Waals surface area contributed by atoms with Crippen LogP contribution in [0.2, 0.25) is 0 Å². The molecule has 0 aliphatic carbocycles. The van der Waals surface area contributed by atoms with E-state index in [1.54, 1.807) is 7.11 Å². The number of amides is 1. The maximum Gasteiger partial charge on any atom is 0.220 e. The zero-order valence-electron chi connectivity index (χ0n) is 12.9. The van der Waals surface area contributed by atoms with Crippen molar-refractivity contribution in [2.45, 2.75) is 25.6 Å². The van der Waals surface area contributed by atoms with Crippen LogP contribution in [0.5, 0.6) is 5.75 Å². The van der Waals surface area contributed by atoms with Crippen molar-refractivity contribution in [3.8, 4) is 5.75 Å². The molecule has 1 atom stereocenters. The fourth-order valence-electron chi connectivity index (χ4n) is 2.28. The molecular weight excluding hydrogens is 278 g/mol. The lowest BCUT2D eigenvalue weighted by molar-refractivity contribution is -0.124. The van der Waals surface area contributed by atoms with Crippen LogP contribution in [0.25, 0.3) is 0 Å². The molecule has 116 valence electrons. The van der Waals surface area contributed by atoms with E-state index in [0.29, 0.717) is 6.61 Å². The van der Waals surface area contributed by atoms with Gasteiger partial charge in [-0.1, -0.05) is 42.5 Å². The minimum absolute atomic E-state index is 0.117. The Morgan fingerprint density at radius 2 is 1.86 bits per heavy atom. The molecule has 1 amide bonds. The first-order valence-corrected chi connectivity index (χ1v) is 7.14. The first kappa shape index (κ1) is 16.0. The van der Waals surface area contributed by atoms with Gasteiger partial charge in [-0.2, -0.15) is 0 Å². The molecule has 0 saturated carbocycles. The average molecular weight is 299 g/mol. The minimum atomic E-state index is -0.752. The lowest BCUT2D eigenvalue weighted by Crippen LogP contribution is -2.31. The van der Waals surface area contributed by atoms with Crippen LogP contribution in [0.4, 0.5) is 0 Å². The highest BCUT2D eigenvalue weighted by atomic mass is 16.5. The number of rotatable bonds is 7. The van der Waals surface area contributed by atoms with Gasteiger partial charge in [0.25, 0.3) is 0 Å². The Kier molecular flexibility index (Phi) is 5.17. The summed E-state index contributed by atoms with van der Waals surface area (Å²) in [4.78, 5) is 11.3. The summed E-state index contributed by atoms with van der Waals surface area (Å²) in [6, 6.07) is 17.5. The first-order valence-electron chi connectivity index (χ1n) is 7.14. The molecule has 0 heterocycles. The summed E-state index contributed by atoms with van der Waals surface area (Å²) in [5, 5.41) is 0. The second kappa shape index (κ2) is 7.09. The largest absolute Gasteiger partial charge is 0.489 e. The molecule has 0 spiro atoms. The Morgan fingerprint density at radius 3 is 2.50 bits per heavy atom. The molecule has 2 N–H and O–H groups in total. The van der Waals surface area contributed by atoms with Crippen molar-refractivity contribution >= 4 is 5.91 Å². The number of hydrogen-bond donors (Lipinski definition) is 1. The molecule has 0 bridgehead atoms. The maximum absolute atomic E-state index is 11.3. The molecule has 0 radical (unpaired) electrons. The smallest absolute Gasteiger partial charge is 0.220 e. The van der Waals surface area contributed by atoms with Gasteiger partial charge in [-0.05, 0) is 30.2 Å². The van der Waals surface area contributed by atoms with E-state index in [-0.39, 0.29) is 6.42 Å². The van der Waals surface area contributed by atoms with Gasteiger partial charge in [-0.25, -0.2) is 0 Å². The molecule has 4 nitrogen and oxygen atoms in total. The molecule has 0 saturated heterocycles. The Labute approximate surface area is 130 Å². The van der Waals surface area contributed by atoms with Crippen molar-refractivity contribution in [3.05, 3.63) is 65.7 Å². The molecular formula is C18H21NO3. The summed E-state index contributed by atoms with van der Waals surface area (Å²) in [5.74, 6) is 0.328. The summed E-state index contributed by atoms with van der Waals surface area (Å²) < 4.78 is 11.3. The second-order valence-corrected chi connectivity index (χ2v) is 5.38. The number of primary amides is 1. The van der Waals surface area contributed by atoms with Crippen LogP contribution < -0.4 is 10.5 Å². The lowest BCUT2D eigenvalue weighted by Gasteiger charge is -2.27. The van der Waals surface area contributed by atoms with Gasteiger partial charge in [0.15, 0.2) is 0 Å². The van der Waals surface area contributed by atoms with E-state index in [0.717, 1.165) is 16.9 Å². The summed E-state index contributed by atoms with van der Waals surface area (Å²) in [7, 11) is 1.57. The van der Waals surface area contributed by atoms with Crippen molar-refractivity contribution in [1.82, 2.24) is 0 Å². The van der Waals surface area contributed by atoms with Crippen LogP contribution in [0.1, 0.15) is 24.5 Å². The summed E-state index contributed by atoms with van der Waals surface area (Å²) in [6.45, 7) is 2.33. The number of nitrogens with two attached hydrogens (primary N) is 1. The highest BCUT2D eigenvalue weighted by Gasteiger charge is 2.28. The van der Waals surface area contributed by atoms with Crippen LogP contribution in [0, 0.1) is 0 Å². The number of benzene rings is 2. The highest BCUT2D eigenvalue weighted by Crippen LogP contribution is 2.30. The van der Waals surface area contributed by atoms with E-state index in [9.17, 15) is 4.79 Å². The molecule has 2 aromatic carbocycles. The highest BCUT2D eigenvalue weighted by molar-refractivity contribution is 5.75. The topological polar surface area (TPSA) is 61.5 Å². The van der Waals surface area contributed by atoms with Crippen molar-refractivity contribution in [2.24, 2.45) is 5.73 Å². The van der Waals surface area contributed by atoms with Crippen molar-refractivity contribution in [1.29, 1.82) is 0 Å². The molecule has 4 heteroatoms. The van der Waals surface area contributed by atoms with Gasteiger partial charge >= 0.3 is 0 Å². The van der Waals surface area contributed by atoms with E-state index >= 15 is 0 Å². The third kappa shape index (κ3) is 4.09. The summed E-state index contributed by atoms with van der Waals surface area (Å²) >= 11 is 0. The van der Waals surface area contributed by atoms with Crippen LogP contribution in [0.3, 0.4) is 0 Å². The van der Waals surface area contributed by atoms with Gasteiger partial charge in [0, 0.05) is 7.11 Å². The summed E-state index contributed by atoms with van der Waals surface area (Å²) in [5.41, 5.74) is 6.52. The predicted molar refractivity (Wildman–Crippen MR) is 85.4 cm³/mol. The van der Waals surface area contributed by atoms with Gasteiger partial charge in [0.1, 0.15) is 12.4 Å². The SMILES string of the molecule is COC(C)(CC(N)=O)c1cccc(OCc2ccccc2)c1. The number of methoxy groups -OCH3 is 1. The Bertz CT molecular complexity index is 627. The van der Waals surface area contributed by atoms with Crippen LogP contribution in [-0.4, -0.2) is 13.0 Å². The van der Waals surface area contributed by atoms with Gasteiger partial charge in [0.2, 0.25) is 5.91 Å². The molecule has 0 aliphatic heterocycles. The third-order valence-corrected chi connectivity index (χ3v) is 3.66. The van der Waals surface area contributed by atoms with E-state index in [1.807, 2.05) is 61.5 Å². The van der Waals surface area contributed by atoms with E-state index in [1.165, 1.54) is 0 Å². The van der Waals surface area contributed by atoms with Gasteiger partial charge in [-0.15, -0.1) is 0 Å². The van der Waals surface area contributed by atoms with E-state index in [2.05, 4.69) is 0 Å². The number of ether oxygens (including phenoxy) is 2. The Balaban J connectivity index is 2.13. The standard InChI is InChI=1S/C18H21NO3/c1-18(21-2,12-17(19)20)15-9-6-10-16(11-15)22-13-14-7-4-3-5-8-14/h3-11H,12-13H2,1-2H3,(H2,19,20). The Hall–Kier alpha value is -2.33. The van der Waals surface area contributed by atoms with E-state index < -0.39 is 11.5 Å². The summed E-state index contributed by atoms with van der Waals surface area (Å²) in [6.07, 6.45) is 0.117. The Morgan fingerprint density at radius 1 is 1.14 bits per heavy atom. The average Bonchev–Trinajstić information content (AvgIpc) is 2.53. The number of carbonyl (C=O) groups excluding carboxylic acids is 1. The van der Waals surface area contributed by atoms with Gasteiger partial charge in [0.05, 0.1) is 12.0 Å². The monoisotopic (exact) mass is 299 g/mol. The lowest BCUT2D eigenvalue weighted by atomic mass is 9.92. The van der Waals surface area contributed by atoms with E-state index in [4.69, 9.17) is 15.2 Å².